The lowest BCUT2D eigenvalue weighted by Gasteiger charge is -2.02. The Kier molecular flexibility index (Phi) is 7.99. The second-order valence-corrected chi connectivity index (χ2v) is 4.90. The molecule has 0 saturated carbocycles. The number of halogens is 1. The van der Waals surface area contributed by atoms with Gasteiger partial charge in [-0.1, -0.05) is 41.4 Å². The smallest absolute Gasteiger partial charge is 0.207 e. The van der Waals surface area contributed by atoms with Gasteiger partial charge < -0.3 is 10.1 Å². The number of aryl methyl sites for hydroxylation is 1. The Labute approximate surface area is 130 Å². The maximum Gasteiger partial charge on any atom is 0.207 e. The molecule has 112 valence electrons. The van der Waals surface area contributed by atoms with Crippen LogP contribution >= 0.6 is 11.6 Å². The minimum absolute atomic E-state index is 0.676. The summed E-state index contributed by atoms with van der Waals surface area (Å²) in [4.78, 5) is 9.96. The molecule has 1 amide bonds. The Morgan fingerprint density at radius 1 is 1.10 bits per heavy atom. The molecule has 4 heteroatoms. The van der Waals surface area contributed by atoms with Crippen molar-refractivity contribution in [2.45, 2.75) is 13.3 Å². The zero-order chi connectivity index (χ0) is 15.5. The van der Waals surface area contributed by atoms with Crippen molar-refractivity contribution < 1.29 is 9.53 Å². The number of nitrogens with one attached hydrogen (secondary N) is 1. The van der Waals surface area contributed by atoms with Crippen molar-refractivity contribution in [1.29, 1.82) is 0 Å². The highest BCUT2D eigenvalue weighted by molar-refractivity contribution is 6.30. The van der Waals surface area contributed by atoms with Crippen molar-refractivity contribution in [3.05, 3.63) is 64.7 Å². The highest BCUT2D eigenvalue weighted by Crippen LogP contribution is 2.11. The predicted octanol–water partition coefficient (Wildman–Crippen LogP) is 3.63. The number of amides is 1. The number of benzene rings is 2. The molecule has 0 aliphatic heterocycles. The van der Waals surface area contributed by atoms with Crippen molar-refractivity contribution >= 4 is 18.0 Å². The molecule has 2 rings (SSSR count). The van der Waals surface area contributed by atoms with Crippen molar-refractivity contribution in [1.82, 2.24) is 5.32 Å². The zero-order valence-electron chi connectivity index (χ0n) is 12.3. The van der Waals surface area contributed by atoms with E-state index < -0.39 is 0 Å². The second-order valence-electron chi connectivity index (χ2n) is 4.47. The van der Waals surface area contributed by atoms with Gasteiger partial charge in [0.15, 0.2) is 0 Å². The lowest BCUT2D eigenvalue weighted by atomic mass is 10.1. The first-order valence-corrected chi connectivity index (χ1v) is 7.05. The molecule has 0 aliphatic rings. The molecule has 2 aromatic rings. The van der Waals surface area contributed by atoms with Crippen LogP contribution in [0.15, 0.2) is 48.5 Å². The lowest BCUT2D eigenvalue weighted by Crippen LogP contribution is -2.14. The van der Waals surface area contributed by atoms with Gasteiger partial charge >= 0.3 is 0 Å². The summed E-state index contributed by atoms with van der Waals surface area (Å²) in [5.74, 6) is 0.854. The van der Waals surface area contributed by atoms with Crippen LogP contribution in [-0.2, 0) is 11.2 Å². The summed E-state index contributed by atoms with van der Waals surface area (Å²) < 4.78 is 5.02. The van der Waals surface area contributed by atoms with Gasteiger partial charge in [0.2, 0.25) is 6.41 Å². The van der Waals surface area contributed by atoms with Gasteiger partial charge in [0.05, 0.1) is 7.11 Å². The Morgan fingerprint density at radius 2 is 1.71 bits per heavy atom. The first kappa shape index (κ1) is 17.1. The van der Waals surface area contributed by atoms with Crippen LogP contribution in [-0.4, -0.2) is 20.1 Å². The fourth-order valence-electron chi connectivity index (χ4n) is 1.60. The molecule has 0 atom stereocenters. The van der Waals surface area contributed by atoms with Crippen LogP contribution in [0.4, 0.5) is 0 Å². The van der Waals surface area contributed by atoms with Gasteiger partial charge in [0.1, 0.15) is 5.75 Å². The zero-order valence-corrected chi connectivity index (χ0v) is 13.1. The van der Waals surface area contributed by atoms with E-state index in [1.54, 1.807) is 7.11 Å². The number of ether oxygens (including phenoxy) is 1. The fourth-order valence-corrected chi connectivity index (χ4v) is 1.73. The van der Waals surface area contributed by atoms with Crippen LogP contribution in [0.5, 0.6) is 5.75 Å². The van der Waals surface area contributed by atoms with Gasteiger partial charge in [-0.25, -0.2) is 0 Å². The first-order valence-electron chi connectivity index (χ1n) is 6.68. The van der Waals surface area contributed by atoms with Gasteiger partial charge in [-0.05, 0) is 43.2 Å². The molecule has 0 aliphatic carbocycles. The van der Waals surface area contributed by atoms with E-state index in [0.29, 0.717) is 13.0 Å². The molecule has 0 fully saturated rings. The third kappa shape index (κ3) is 7.37. The summed E-state index contributed by atoms with van der Waals surface area (Å²) in [6, 6.07) is 15.6. The molecule has 2 aromatic carbocycles. The van der Waals surface area contributed by atoms with Crippen molar-refractivity contribution in [3.63, 3.8) is 0 Å². The molecule has 1 N–H and O–H groups in total. The molecule has 21 heavy (non-hydrogen) atoms. The van der Waals surface area contributed by atoms with Crippen LogP contribution < -0.4 is 10.1 Å². The molecule has 3 nitrogen and oxygen atoms in total. The Bertz CT molecular complexity index is 502. The molecule has 0 bridgehead atoms. The van der Waals surface area contributed by atoms with Crippen molar-refractivity contribution in [3.8, 4) is 5.75 Å². The molecule has 0 saturated heterocycles. The number of carbonyl (C=O) groups excluding carboxylic acids is 1. The molecule has 0 heterocycles. The highest BCUT2D eigenvalue weighted by Gasteiger charge is 1.93. The van der Waals surface area contributed by atoms with Crippen LogP contribution in [0.2, 0.25) is 5.02 Å². The normalized spacial score (nSPS) is 9.29. The standard InChI is InChI=1S/C10H13NO2.C7H7Cl/c1-13-10-4-2-9(3-5-10)6-7-11-8-12;1-6-2-4-7(8)5-3-6/h2-5,8H,6-7H2,1H3,(H,11,12);2-5H,1H3. The molecule has 0 spiro atoms. The summed E-state index contributed by atoms with van der Waals surface area (Å²) in [7, 11) is 1.64. The van der Waals surface area contributed by atoms with Gasteiger partial charge in [-0.3, -0.25) is 4.79 Å². The van der Waals surface area contributed by atoms with E-state index in [0.717, 1.165) is 17.2 Å². The van der Waals surface area contributed by atoms with Crippen molar-refractivity contribution in [2.24, 2.45) is 0 Å². The molecular formula is C17H20ClNO2. The summed E-state index contributed by atoms with van der Waals surface area (Å²) in [5.41, 5.74) is 2.43. The van der Waals surface area contributed by atoms with E-state index in [-0.39, 0.29) is 0 Å². The van der Waals surface area contributed by atoms with E-state index in [1.165, 1.54) is 11.1 Å². The Morgan fingerprint density at radius 3 is 2.19 bits per heavy atom. The number of hydrogen-bond acceptors (Lipinski definition) is 2. The van der Waals surface area contributed by atoms with E-state index in [4.69, 9.17) is 16.3 Å². The van der Waals surface area contributed by atoms with Crippen LogP contribution in [0, 0.1) is 6.92 Å². The monoisotopic (exact) mass is 305 g/mol. The highest BCUT2D eigenvalue weighted by atomic mass is 35.5. The average Bonchev–Trinajstić information content (AvgIpc) is 2.52. The average molecular weight is 306 g/mol. The molecule has 0 unspecified atom stereocenters. The molecular weight excluding hydrogens is 286 g/mol. The third-order valence-electron chi connectivity index (χ3n) is 2.81. The van der Waals surface area contributed by atoms with Gasteiger partial charge in [-0.15, -0.1) is 0 Å². The number of hydrogen-bond donors (Lipinski definition) is 1. The van der Waals surface area contributed by atoms with Crippen LogP contribution in [0.1, 0.15) is 11.1 Å². The SMILES string of the molecule is COc1ccc(CCNC=O)cc1.Cc1ccc(Cl)cc1. The van der Waals surface area contributed by atoms with Crippen LogP contribution in [0.25, 0.3) is 0 Å². The summed E-state index contributed by atoms with van der Waals surface area (Å²) >= 11 is 5.61. The minimum Gasteiger partial charge on any atom is -0.497 e. The van der Waals surface area contributed by atoms with Crippen molar-refractivity contribution in [2.75, 3.05) is 13.7 Å². The number of carbonyl (C=O) groups is 1. The van der Waals surface area contributed by atoms with Gasteiger partial charge in [0.25, 0.3) is 0 Å². The van der Waals surface area contributed by atoms with Crippen LogP contribution in [0.3, 0.4) is 0 Å². The van der Waals surface area contributed by atoms with E-state index >= 15 is 0 Å². The second kappa shape index (κ2) is 9.83. The van der Waals surface area contributed by atoms with E-state index in [2.05, 4.69) is 5.32 Å². The Balaban J connectivity index is 0.000000235. The first-order chi connectivity index (χ1) is 10.2. The lowest BCUT2D eigenvalue weighted by molar-refractivity contribution is -0.109. The summed E-state index contributed by atoms with van der Waals surface area (Å²) in [5, 5.41) is 3.42. The predicted molar refractivity (Wildman–Crippen MR) is 87.0 cm³/mol. The van der Waals surface area contributed by atoms with Gasteiger partial charge in [-0.2, -0.15) is 0 Å². The summed E-state index contributed by atoms with van der Waals surface area (Å²) in [6.07, 6.45) is 1.56. The fraction of sp³-hybridized carbons (Fsp3) is 0.235. The van der Waals surface area contributed by atoms with Gasteiger partial charge in [0, 0.05) is 11.6 Å². The third-order valence-corrected chi connectivity index (χ3v) is 3.06. The maximum atomic E-state index is 9.96. The number of rotatable bonds is 5. The molecule has 0 aromatic heterocycles. The molecule has 0 radical (unpaired) electrons. The largest absolute Gasteiger partial charge is 0.497 e. The van der Waals surface area contributed by atoms with E-state index in [1.807, 2.05) is 55.5 Å². The topological polar surface area (TPSA) is 38.3 Å². The summed E-state index contributed by atoms with van der Waals surface area (Å²) in [6.45, 7) is 2.71. The number of methoxy groups -OCH3 is 1. The minimum atomic E-state index is 0.676. The maximum absolute atomic E-state index is 9.96. The Hall–Kier alpha value is -2.00. The quantitative estimate of drug-likeness (QED) is 0.676. The van der Waals surface area contributed by atoms with E-state index in [9.17, 15) is 4.79 Å².